The fraction of sp³-hybridized carbons (Fsp3) is 0.458. The van der Waals surface area contributed by atoms with E-state index in [9.17, 15) is 13.2 Å². The van der Waals surface area contributed by atoms with Crippen LogP contribution >= 0.6 is 0 Å². The largest absolute Gasteiger partial charge is 0.325 e. The van der Waals surface area contributed by atoms with E-state index in [2.05, 4.69) is 12.2 Å². The van der Waals surface area contributed by atoms with Gasteiger partial charge in [-0.3, -0.25) is 4.79 Å². The molecule has 0 aromatic heterocycles. The molecule has 0 aliphatic heterocycles. The van der Waals surface area contributed by atoms with Crippen molar-refractivity contribution in [1.29, 1.82) is 0 Å². The van der Waals surface area contributed by atoms with Crippen LogP contribution in [0.15, 0.2) is 59.5 Å². The molecule has 1 saturated carbocycles. The lowest BCUT2D eigenvalue weighted by atomic mass is 9.95. The van der Waals surface area contributed by atoms with Crippen molar-refractivity contribution in [2.24, 2.45) is 0 Å². The molecule has 1 aliphatic rings. The van der Waals surface area contributed by atoms with Crippen molar-refractivity contribution in [2.75, 3.05) is 11.9 Å². The lowest BCUT2D eigenvalue weighted by Gasteiger charge is -2.33. The van der Waals surface area contributed by atoms with Crippen LogP contribution in [0.2, 0.25) is 0 Å². The molecule has 1 amide bonds. The molecule has 30 heavy (non-hydrogen) atoms. The molecule has 0 spiro atoms. The van der Waals surface area contributed by atoms with Gasteiger partial charge in [-0.2, -0.15) is 4.31 Å². The number of sulfonamides is 1. The molecule has 3 rings (SSSR count). The Morgan fingerprint density at radius 3 is 2.30 bits per heavy atom. The minimum absolute atomic E-state index is 0.133. The maximum atomic E-state index is 13.3. The van der Waals surface area contributed by atoms with E-state index in [0.29, 0.717) is 5.69 Å². The molecule has 0 radical (unpaired) electrons. The van der Waals surface area contributed by atoms with Gasteiger partial charge in [0.1, 0.15) is 0 Å². The van der Waals surface area contributed by atoms with E-state index in [4.69, 9.17) is 0 Å². The Labute approximate surface area is 180 Å². The van der Waals surface area contributed by atoms with Gasteiger partial charge in [0.25, 0.3) is 0 Å². The summed E-state index contributed by atoms with van der Waals surface area (Å²) in [6.07, 6.45) is 8.00. The summed E-state index contributed by atoms with van der Waals surface area (Å²) in [5, 5.41) is 2.87. The van der Waals surface area contributed by atoms with Crippen LogP contribution in [-0.4, -0.2) is 31.2 Å². The van der Waals surface area contributed by atoms with E-state index in [-0.39, 0.29) is 23.4 Å². The number of benzene rings is 2. The molecule has 1 N–H and O–H groups in total. The number of hydrogen-bond donors (Lipinski definition) is 1. The van der Waals surface area contributed by atoms with E-state index in [1.807, 2.05) is 24.3 Å². The average molecular weight is 429 g/mol. The Morgan fingerprint density at radius 2 is 1.67 bits per heavy atom. The maximum absolute atomic E-state index is 13.3. The molecule has 2 aromatic carbocycles. The Hall–Kier alpha value is -2.18. The Kier molecular flexibility index (Phi) is 8.05. The van der Waals surface area contributed by atoms with E-state index < -0.39 is 10.0 Å². The fourth-order valence-electron chi connectivity index (χ4n) is 3.98. The monoisotopic (exact) mass is 428 g/mol. The maximum Gasteiger partial charge on any atom is 0.243 e. The van der Waals surface area contributed by atoms with Crippen molar-refractivity contribution < 1.29 is 13.2 Å². The zero-order valence-corrected chi connectivity index (χ0v) is 18.5. The van der Waals surface area contributed by atoms with Crippen molar-refractivity contribution in [3.05, 3.63) is 60.2 Å². The molecule has 0 atom stereocenters. The van der Waals surface area contributed by atoms with Crippen LogP contribution in [0.1, 0.15) is 57.4 Å². The predicted molar refractivity (Wildman–Crippen MR) is 121 cm³/mol. The molecule has 0 saturated heterocycles. The molecule has 0 heterocycles. The van der Waals surface area contributed by atoms with E-state index in [1.54, 1.807) is 30.3 Å². The zero-order valence-electron chi connectivity index (χ0n) is 17.7. The first-order valence-corrected chi connectivity index (χ1v) is 12.4. The quantitative estimate of drug-likeness (QED) is 0.612. The number of nitrogens with one attached hydrogen (secondary N) is 1. The molecule has 0 bridgehead atoms. The van der Waals surface area contributed by atoms with Gasteiger partial charge in [0.15, 0.2) is 0 Å². The van der Waals surface area contributed by atoms with Gasteiger partial charge in [0.2, 0.25) is 15.9 Å². The highest BCUT2D eigenvalue weighted by Crippen LogP contribution is 2.27. The zero-order chi connectivity index (χ0) is 21.4. The number of hydrogen-bond acceptors (Lipinski definition) is 3. The molecular weight excluding hydrogens is 396 g/mol. The van der Waals surface area contributed by atoms with Crippen LogP contribution in [0.25, 0.3) is 0 Å². The first-order chi connectivity index (χ1) is 14.5. The molecule has 5 nitrogen and oxygen atoms in total. The van der Waals surface area contributed by atoms with Gasteiger partial charge in [0, 0.05) is 11.7 Å². The second kappa shape index (κ2) is 10.7. The molecular formula is C24H32N2O3S. The molecule has 0 unspecified atom stereocenters. The number of anilines is 1. The summed E-state index contributed by atoms with van der Waals surface area (Å²) in [6.45, 7) is 2.00. The Balaban J connectivity index is 1.73. The minimum atomic E-state index is -3.73. The van der Waals surface area contributed by atoms with Crippen LogP contribution in [0.4, 0.5) is 5.69 Å². The topological polar surface area (TPSA) is 66.5 Å². The Bertz CT molecular complexity index is 905. The lowest BCUT2D eigenvalue weighted by molar-refractivity contribution is -0.116. The van der Waals surface area contributed by atoms with Gasteiger partial charge >= 0.3 is 0 Å². The van der Waals surface area contributed by atoms with Crippen LogP contribution < -0.4 is 5.32 Å². The van der Waals surface area contributed by atoms with E-state index in [0.717, 1.165) is 51.4 Å². The van der Waals surface area contributed by atoms with Crippen molar-refractivity contribution in [3.63, 3.8) is 0 Å². The second-order valence-corrected chi connectivity index (χ2v) is 9.89. The summed E-state index contributed by atoms with van der Waals surface area (Å²) >= 11 is 0. The van der Waals surface area contributed by atoms with Gasteiger partial charge < -0.3 is 5.32 Å². The number of aryl methyl sites for hydroxylation is 1. The number of nitrogens with zero attached hydrogens (tertiary/aromatic N) is 1. The number of carbonyl (C=O) groups excluding carboxylic acids is 1. The van der Waals surface area contributed by atoms with Crippen LogP contribution in [-0.2, 0) is 21.2 Å². The molecule has 1 aliphatic carbocycles. The van der Waals surface area contributed by atoms with Crippen LogP contribution in [0.5, 0.6) is 0 Å². The highest BCUT2D eigenvalue weighted by molar-refractivity contribution is 7.89. The molecule has 2 aromatic rings. The Morgan fingerprint density at radius 1 is 1.00 bits per heavy atom. The highest BCUT2D eigenvalue weighted by atomic mass is 32.2. The summed E-state index contributed by atoms with van der Waals surface area (Å²) in [6, 6.07) is 16.1. The van der Waals surface area contributed by atoms with Gasteiger partial charge in [-0.25, -0.2) is 8.42 Å². The third kappa shape index (κ3) is 5.92. The van der Waals surface area contributed by atoms with Crippen LogP contribution in [0, 0.1) is 0 Å². The molecule has 162 valence electrons. The summed E-state index contributed by atoms with van der Waals surface area (Å²) < 4.78 is 28.0. The van der Waals surface area contributed by atoms with Crippen LogP contribution in [0.3, 0.4) is 0 Å². The predicted octanol–water partition coefficient (Wildman–Crippen LogP) is 4.99. The third-order valence-corrected chi connectivity index (χ3v) is 7.60. The van der Waals surface area contributed by atoms with E-state index in [1.165, 1.54) is 9.87 Å². The number of carbonyl (C=O) groups is 1. The first kappa shape index (κ1) is 22.5. The van der Waals surface area contributed by atoms with E-state index >= 15 is 0 Å². The van der Waals surface area contributed by atoms with Gasteiger partial charge in [-0.1, -0.05) is 62.9 Å². The molecule has 1 fully saturated rings. The average Bonchev–Trinajstić information content (AvgIpc) is 2.78. The SMILES string of the molecule is CCCCc1ccc(NC(=O)CN(C2CCCCC2)S(=O)(=O)c2ccccc2)cc1. The minimum Gasteiger partial charge on any atom is -0.325 e. The number of rotatable bonds is 9. The summed E-state index contributed by atoms with van der Waals surface area (Å²) in [5.41, 5.74) is 1.94. The van der Waals surface area contributed by atoms with Crippen molar-refractivity contribution in [2.45, 2.75) is 69.2 Å². The van der Waals surface area contributed by atoms with Crippen molar-refractivity contribution >= 4 is 21.6 Å². The first-order valence-electron chi connectivity index (χ1n) is 11.0. The van der Waals surface area contributed by atoms with Gasteiger partial charge in [-0.05, 0) is 55.5 Å². The van der Waals surface area contributed by atoms with Crippen molar-refractivity contribution in [3.8, 4) is 0 Å². The highest BCUT2D eigenvalue weighted by Gasteiger charge is 2.33. The summed E-state index contributed by atoms with van der Waals surface area (Å²) in [7, 11) is -3.73. The van der Waals surface area contributed by atoms with Crippen molar-refractivity contribution in [1.82, 2.24) is 4.31 Å². The summed E-state index contributed by atoms with van der Waals surface area (Å²) in [5.74, 6) is -0.304. The number of amides is 1. The third-order valence-electron chi connectivity index (χ3n) is 5.69. The smallest absolute Gasteiger partial charge is 0.243 e. The summed E-state index contributed by atoms with van der Waals surface area (Å²) in [4.78, 5) is 13.0. The fourth-order valence-corrected chi connectivity index (χ4v) is 5.65. The van der Waals surface area contributed by atoms with Gasteiger partial charge in [0.05, 0.1) is 11.4 Å². The number of unbranched alkanes of at least 4 members (excludes halogenated alkanes) is 1. The lowest BCUT2D eigenvalue weighted by Crippen LogP contribution is -2.45. The molecule has 6 heteroatoms. The normalized spacial score (nSPS) is 15.3. The van der Waals surface area contributed by atoms with Gasteiger partial charge in [-0.15, -0.1) is 0 Å². The standard InChI is InChI=1S/C24H32N2O3S/c1-2-3-10-20-15-17-21(18-16-20)25-24(27)19-26(22-11-6-4-7-12-22)30(28,29)23-13-8-5-9-14-23/h5,8-9,13-18,22H,2-4,6-7,10-12,19H2,1H3,(H,25,27). The second-order valence-electron chi connectivity index (χ2n) is 8.00.